The monoisotopic (exact) mass is 154 g/mol. The Balaban J connectivity index is 2.31. The lowest BCUT2D eigenvalue weighted by Gasteiger charge is -2.09. The molecule has 1 aromatic heterocycles. The van der Waals surface area contributed by atoms with Crippen LogP contribution < -0.4 is 5.32 Å². The summed E-state index contributed by atoms with van der Waals surface area (Å²) in [6.07, 6.45) is 5.53. The normalized spacial score (nSPS) is 12.9. The van der Waals surface area contributed by atoms with E-state index in [1.807, 2.05) is 0 Å². The molecule has 0 radical (unpaired) electrons. The summed E-state index contributed by atoms with van der Waals surface area (Å²) in [5, 5.41) is 3.14. The lowest BCUT2D eigenvalue weighted by atomic mass is 10.2. The lowest BCUT2D eigenvalue weighted by molar-refractivity contribution is 0.553. The summed E-state index contributed by atoms with van der Waals surface area (Å²) in [5.74, 6) is 0. The average Bonchev–Trinajstić information content (AvgIpc) is 2.40. The molecule has 62 valence electrons. The molecule has 3 heteroatoms. The van der Waals surface area contributed by atoms with Crippen LogP contribution in [0.4, 0.5) is 6.01 Å². The van der Waals surface area contributed by atoms with Crippen molar-refractivity contribution in [3.05, 3.63) is 12.5 Å². The van der Waals surface area contributed by atoms with E-state index in [0.29, 0.717) is 12.1 Å². The van der Waals surface area contributed by atoms with E-state index in [4.69, 9.17) is 4.42 Å². The van der Waals surface area contributed by atoms with Gasteiger partial charge < -0.3 is 9.73 Å². The number of oxazole rings is 1. The Bertz CT molecular complexity index is 184. The Hall–Kier alpha value is -0.990. The molecule has 0 spiro atoms. The zero-order valence-electron chi connectivity index (χ0n) is 7.00. The van der Waals surface area contributed by atoms with E-state index in [-0.39, 0.29) is 0 Å². The van der Waals surface area contributed by atoms with E-state index in [1.54, 1.807) is 12.5 Å². The summed E-state index contributed by atoms with van der Waals surface area (Å²) in [5.41, 5.74) is 0. The summed E-state index contributed by atoms with van der Waals surface area (Å²) in [6, 6.07) is 1.06. The largest absolute Gasteiger partial charge is 0.432 e. The smallest absolute Gasteiger partial charge is 0.294 e. The number of hydrogen-bond acceptors (Lipinski definition) is 3. The van der Waals surface area contributed by atoms with E-state index >= 15 is 0 Å². The van der Waals surface area contributed by atoms with E-state index in [2.05, 4.69) is 24.1 Å². The Morgan fingerprint density at radius 1 is 1.73 bits per heavy atom. The topological polar surface area (TPSA) is 38.1 Å². The fourth-order valence-electron chi connectivity index (χ4n) is 1.01. The summed E-state index contributed by atoms with van der Waals surface area (Å²) in [7, 11) is 0. The van der Waals surface area contributed by atoms with Gasteiger partial charge in [0.25, 0.3) is 6.01 Å². The standard InChI is InChI=1S/C8H14N2O/c1-3-4-7(2)10-8-9-5-6-11-8/h5-7H,3-4H2,1-2H3,(H,9,10). The zero-order valence-corrected chi connectivity index (χ0v) is 7.00. The van der Waals surface area contributed by atoms with Gasteiger partial charge in [-0.15, -0.1) is 0 Å². The van der Waals surface area contributed by atoms with Crippen molar-refractivity contribution in [1.29, 1.82) is 0 Å². The quantitative estimate of drug-likeness (QED) is 0.723. The SMILES string of the molecule is CCCC(C)Nc1ncco1. The minimum atomic E-state index is 0.443. The van der Waals surface area contributed by atoms with Crippen LogP contribution in [0.3, 0.4) is 0 Å². The van der Waals surface area contributed by atoms with E-state index < -0.39 is 0 Å². The summed E-state index contributed by atoms with van der Waals surface area (Å²) in [4.78, 5) is 3.96. The number of rotatable bonds is 4. The first-order chi connectivity index (χ1) is 5.33. The van der Waals surface area contributed by atoms with Crippen LogP contribution in [0.15, 0.2) is 16.9 Å². The van der Waals surface area contributed by atoms with Gasteiger partial charge in [-0.2, -0.15) is 0 Å². The molecule has 0 aliphatic rings. The third-order valence-corrected chi connectivity index (χ3v) is 1.52. The predicted octanol–water partition coefficient (Wildman–Crippen LogP) is 2.28. The van der Waals surface area contributed by atoms with Crippen molar-refractivity contribution in [2.45, 2.75) is 32.7 Å². The van der Waals surface area contributed by atoms with Crippen LogP contribution in [-0.2, 0) is 0 Å². The van der Waals surface area contributed by atoms with Gasteiger partial charge in [-0.25, -0.2) is 4.98 Å². The first kappa shape index (κ1) is 8.11. The minimum absolute atomic E-state index is 0.443. The van der Waals surface area contributed by atoms with Gasteiger partial charge in [0.15, 0.2) is 0 Å². The van der Waals surface area contributed by atoms with Gasteiger partial charge in [-0.3, -0.25) is 0 Å². The second kappa shape index (κ2) is 4.01. The maximum atomic E-state index is 5.03. The molecule has 0 fully saturated rings. The molecule has 1 unspecified atom stereocenters. The molecule has 0 saturated carbocycles. The molecule has 0 aromatic carbocycles. The number of nitrogens with one attached hydrogen (secondary N) is 1. The highest BCUT2D eigenvalue weighted by Crippen LogP contribution is 2.06. The lowest BCUT2D eigenvalue weighted by Crippen LogP contribution is -2.14. The van der Waals surface area contributed by atoms with Crippen molar-refractivity contribution in [3.63, 3.8) is 0 Å². The number of aromatic nitrogens is 1. The maximum absolute atomic E-state index is 5.03. The highest BCUT2D eigenvalue weighted by atomic mass is 16.4. The zero-order chi connectivity index (χ0) is 8.10. The molecule has 0 aliphatic carbocycles. The van der Waals surface area contributed by atoms with Crippen LogP contribution in [0.25, 0.3) is 0 Å². The molecule has 0 saturated heterocycles. The third-order valence-electron chi connectivity index (χ3n) is 1.52. The molecule has 3 nitrogen and oxygen atoms in total. The van der Waals surface area contributed by atoms with Gasteiger partial charge in [-0.1, -0.05) is 13.3 Å². The molecule has 1 atom stereocenters. The van der Waals surface area contributed by atoms with Gasteiger partial charge in [0, 0.05) is 6.04 Å². The molecule has 1 aromatic rings. The number of hydrogen-bond donors (Lipinski definition) is 1. The van der Waals surface area contributed by atoms with Crippen LogP contribution >= 0.6 is 0 Å². The van der Waals surface area contributed by atoms with Crippen molar-refractivity contribution in [3.8, 4) is 0 Å². The van der Waals surface area contributed by atoms with Gasteiger partial charge in [0.2, 0.25) is 0 Å². The molecule has 1 rings (SSSR count). The molecule has 1 N–H and O–H groups in total. The molecular weight excluding hydrogens is 140 g/mol. The molecule has 0 amide bonds. The Morgan fingerprint density at radius 3 is 3.09 bits per heavy atom. The van der Waals surface area contributed by atoms with Gasteiger partial charge in [-0.05, 0) is 13.3 Å². The minimum Gasteiger partial charge on any atom is -0.432 e. The Kier molecular flexibility index (Phi) is 2.95. The van der Waals surface area contributed by atoms with Crippen molar-refractivity contribution < 1.29 is 4.42 Å². The fourth-order valence-corrected chi connectivity index (χ4v) is 1.01. The van der Waals surface area contributed by atoms with Gasteiger partial charge in [0.05, 0.1) is 6.20 Å². The number of nitrogens with zero attached hydrogens (tertiary/aromatic N) is 1. The van der Waals surface area contributed by atoms with E-state index in [0.717, 1.165) is 6.42 Å². The van der Waals surface area contributed by atoms with Gasteiger partial charge in [0.1, 0.15) is 6.26 Å². The maximum Gasteiger partial charge on any atom is 0.294 e. The van der Waals surface area contributed by atoms with Crippen LogP contribution in [0.2, 0.25) is 0 Å². The van der Waals surface area contributed by atoms with Crippen molar-refractivity contribution in [1.82, 2.24) is 4.98 Å². The van der Waals surface area contributed by atoms with Crippen molar-refractivity contribution in [2.75, 3.05) is 5.32 Å². The average molecular weight is 154 g/mol. The Labute approximate surface area is 66.8 Å². The predicted molar refractivity (Wildman–Crippen MR) is 44.5 cm³/mol. The van der Waals surface area contributed by atoms with Crippen LogP contribution in [0, 0.1) is 0 Å². The summed E-state index contributed by atoms with van der Waals surface area (Å²) in [6.45, 7) is 4.28. The first-order valence-electron chi connectivity index (χ1n) is 3.99. The van der Waals surface area contributed by atoms with Crippen molar-refractivity contribution in [2.24, 2.45) is 0 Å². The first-order valence-corrected chi connectivity index (χ1v) is 3.99. The van der Waals surface area contributed by atoms with Crippen LogP contribution in [0.1, 0.15) is 26.7 Å². The highest BCUT2D eigenvalue weighted by Gasteiger charge is 2.01. The fraction of sp³-hybridized carbons (Fsp3) is 0.625. The number of anilines is 1. The van der Waals surface area contributed by atoms with Crippen molar-refractivity contribution >= 4 is 6.01 Å². The molecule has 0 aliphatic heterocycles. The third kappa shape index (κ3) is 2.62. The van der Waals surface area contributed by atoms with Crippen LogP contribution in [0.5, 0.6) is 0 Å². The summed E-state index contributed by atoms with van der Waals surface area (Å²) >= 11 is 0. The van der Waals surface area contributed by atoms with Crippen LogP contribution in [-0.4, -0.2) is 11.0 Å². The summed E-state index contributed by atoms with van der Waals surface area (Å²) < 4.78 is 5.03. The Morgan fingerprint density at radius 2 is 2.55 bits per heavy atom. The highest BCUT2D eigenvalue weighted by molar-refractivity contribution is 5.19. The second-order valence-corrected chi connectivity index (χ2v) is 2.67. The molecular formula is C8H14N2O. The molecule has 1 heterocycles. The van der Waals surface area contributed by atoms with E-state index in [9.17, 15) is 0 Å². The second-order valence-electron chi connectivity index (χ2n) is 2.67. The molecule has 0 bridgehead atoms. The van der Waals surface area contributed by atoms with E-state index in [1.165, 1.54) is 6.42 Å². The molecule has 11 heavy (non-hydrogen) atoms. The van der Waals surface area contributed by atoms with Gasteiger partial charge >= 0.3 is 0 Å².